The Balaban J connectivity index is 2.15. The Morgan fingerprint density at radius 3 is 2.73 bits per heavy atom. The first-order chi connectivity index (χ1) is 6.88. The summed E-state index contributed by atoms with van der Waals surface area (Å²) in [6, 6.07) is 0.721. The van der Waals surface area contributed by atoms with Crippen molar-refractivity contribution in [2.45, 2.75) is 31.7 Å². The fourth-order valence-corrected chi connectivity index (χ4v) is 4.61. The predicted octanol–water partition coefficient (Wildman–Crippen LogP) is 0.936. The highest BCUT2D eigenvalue weighted by Gasteiger charge is 2.47. The van der Waals surface area contributed by atoms with E-state index in [9.17, 15) is 14.7 Å². The number of rotatable bonds is 2. The molecule has 2 bridgehead atoms. The number of aliphatic hydroxyl groups excluding tert-OH is 1. The Morgan fingerprint density at radius 1 is 1.47 bits per heavy atom. The Bertz CT molecular complexity index is 305. The molecule has 0 unspecified atom stereocenters. The summed E-state index contributed by atoms with van der Waals surface area (Å²) >= 11 is 0. The number of carbonyl (C=O) groups excluding carboxylic acids is 1. The van der Waals surface area contributed by atoms with Gasteiger partial charge in [0.15, 0.2) is 8.32 Å². The van der Waals surface area contributed by atoms with Crippen molar-refractivity contribution in [3.63, 3.8) is 0 Å². The largest absolute Gasteiger partial charge is 0.432 e. The van der Waals surface area contributed by atoms with Crippen LogP contribution in [0.5, 0.6) is 0 Å². The molecule has 4 atom stereocenters. The van der Waals surface area contributed by atoms with Crippen LogP contribution in [0.15, 0.2) is 12.2 Å². The molecule has 2 rings (SSSR count). The topological polar surface area (TPSA) is 57.5 Å². The molecule has 0 saturated heterocycles. The summed E-state index contributed by atoms with van der Waals surface area (Å²) in [5.41, 5.74) is 0. The van der Waals surface area contributed by atoms with Crippen molar-refractivity contribution in [2.24, 2.45) is 17.8 Å². The van der Waals surface area contributed by atoms with E-state index in [0.29, 0.717) is 0 Å². The smallest absolute Gasteiger partial charge is 0.182 e. The normalized spacial score (nSPS) is 39.9. The van der Waals surface area contributed by atoms with Crippen LogP contribution < -0.4 is 0 Å². The highest BCUT2D eigenvalue weighted by Crippen LogP contribution is 2.43. The summed E-state index contributed by atoms with van der Waals surface area (Å²) in [6.07, 6.45) is 3.75. The molecule has 2 aliphatic carbocycles. The lowest BCUT2D eigenvalue weighted by molar-refractivity contribution is -0.126. The van der Waals surface area contributed by atoms with Crippen LogP contribution in [0.1, 0.15) is 6.42 Å². The molecule has 2 N–H and O–H groups in total. The van der Waals surface area contributed by atoms with Crippen LogP contribution in [-0.4, -0.2) is 30.1 Å². The van der Waals surface area contributed by atoms with Gasteiger partial charge in [-0.05, 0) is 31.5 Å². The molecule has 0 aromatic heterocycles. The van der Waals surface area contributed by atoms with Gasteiger partial charge in [0.25, 0.3) is 0 Å². The minimum absolute atomic E-state index is 0.000231. The SMILES string of the molecule is C[Si](C)(O)C[C@@H]1C[C@H]2C=C[C@H](O)[C@@H]1C2=O. The van der Waals surface area contributed by atoms with Crippen molar-refractivity contribution in [1.82, 2.24) is 0 Å². The van der Waals surface area contributed by atoms with Crippen molar-refractivity contribution in [3.05, 3.63) is 12.2 Å². The van der Waals surface area contributed by atoms with E-state index in [2.05, 4.69) is 0 Å². The number of fused-ring (bicyclic) bond motifs is 2. The van der Waals surface area contributed by atoms with Gasteiger partial charge < -0.3 is 9.90 Å². The number of Topliss-reactive ketones (excluding diaryl/α,β-unsaturated/α-hetero) is 1. The molecule has 3 nitrogen and oxygen atoms in total. The van der Waals surface area contributed by atoms with Crippen LogP contribution in [-0.2, 0) is 4.79 Å². The number of allylic oxidation sites excluding steroid dienone is 1. The zero-order chi connectivity index (χ0) is 11.2. The van der Waals surface area contributed by atoms with E-state index in [0.717, 1.165) is 12.5 Å². The van der Waals surface area contributed by atoms with Crippen molar-refractivity contribution in [2.75, 3.05) is 0 Å². The van der Waals surface area contributed by atoms with Crippen LogP contribution in [0.4, 0.5) is 0 Å². The van der Waals surface area contributed by atoms with E-state index in [1.165, 1.54) is 0 Å². The zero-order valence-corrected chi connectivity index (χ0v) is 10.2. The third-order valence-corrected chi connectivity index (χ3v) is 4.95. The first kappa shape index (κ1) is 11.0. The van der Waals surface area contributed by atoms with Crippen molar-refractivity contribution in [3.8, 4) is 0 Å². The predicted molar refractivity (Wildman–Crippen MR) is 59.7 cm³/mol. The van der Waals surface area contributed by atoms with E-state index in [1.54, 1.807) is 6.08 Å². The van der Waals surface area contributed by atoms with Gasteiger partial charge in [0.2, 0.25) is 0 Å². The van der Waals surface area contributed by atoms with Gasteiger partial charge in [-0.15, -0.1) is 0 Å². The van der Waals surface area contributed by atoms with Crippen LogP contribution in [0.2, 0.25) is 19.1 Å². The van der Waals surface area contributed by atoms with Gasteiger partial charge in [-0.25, -0.2) is 0 Å². The lowest BCUT2D eigenvalue weighted by atomic mass is 9.88. The van der Waals surface area contributed by atoms with E-state index in [4.69, 9.17) is 0 Å². The van der Waals surface area contributed by atoms with E-state index < -0.39 is 14.4 Å². The summed E-state index contributed by atoms with van der Waals surface area (Å²) < 4.78 is 0. The Labute approximate surface area is 90.9 Å². The Kier molecular flexibility index (Phi) is 2.61. The third-order valence-electron chi connectivity index (χ3n) is 3.43. The molecule has 84 valence electrons. The number of aliphatic hydroxyl groups is 1. The second-order valence-corrected chi connectivity index (χ2v) is 9.46. The number of carbonyl (C=O) groups is 1. The minimum Gasteiger partial charge on any atom is -0.432 e. The van der Waals surface area contributed by atoms with Gasteiger partial charge in [0.1, 0.15) is 5.78 Å². The highest BCUT2D eigenvalue weighted by atomic mass is 28.4. The molecule has 0 aliphatic heterocycles. The zero-order valence-electron chi connectivity index (χ0n) is 9.18. The van der Waals surface area contributed by atoms with Gasteiger partial charge in [0.05, 0.1) is 12.0 Å². The maximum Gasteiger partial charge on any atom is 0.182 e. The number of hydrogen-bond acceptors (Lipinski definition) is 3. The first-order valence-corrected chi connectivity index (χ1v) is 8.66. The summed E-state index contributed by atoms with van der Waals surface area (Å²) in [6.45, 7) is 3.78. The molecule has 0 aromatic carbocycles. The monoisotopic (exact) mass is 226 g/mol. The fourth-order valence-electron chi connectivity index (χ4n) is 2.91. The van der Waals surface area contributed by atoms with Crippen molar-refractivity contribution >= 4 is 14.1 Å². The average Bonchev–Trinajstić information content (AvgIpc) is 2.24. The fraction of sp³-hybridized carbons (Fsp3) is 0.727. The van der Waals surface area contributed by atoms with Crippen LogP contribution in [0.25, 0.3) is 0 Å². The summed E-state index contributed by atoms with van der Waals surface area (Å²) in [5, 5.41) is 9.76. The molecular weight excluding hydrogens is 208 g/mol. The van der Waals surface area contributed by atoms with Gasteiger partial charge in [-0.1, -0.05) is 12.2 Å². The van der Waals surface area contributed by atoms with Crippen LogP contribution >= 0.6 is 0 Å². The Hall–Kier alpha value is -0.453. The third kappa shape index (κ3) is 2.07. The van der Waals surface area contributed by atoms with Gasteiger partial charge in [-0.2, -0.15) is 0 Å². The number of ketones is 1. The highest BCUT2D eigenvalue weighted by molar-refractivity contribution is 6.69. The molecule has 4 heteroatoms. The van der Waals surface area contributed by atoms with Crippen LogP contribution in [0.3, 0.4) is 0 Å². The molecule has 15 heavy (non-hydrogen) atoms. The quantitative estimate of drug-likeness (QED) is 0.544. The lowest BCUT2D eigenvalue weighted by Gasteiger charge is -2.26. The average molecular weight is 226 g/mol. The van der Waals surface area contributed by atoms with Crippen LogP contribution in [0, 0.1) is 17.8 Å². The van der Waals surface area contributed by atoms with E-state index in [-0.39, 0.29) is 23.5 Å². The molecule has 1 saturated carbocycles. The number of hydrogen-bond donors (Lipinski definition) is 2. The molecule has 0 spiro atoms. The molecule has 1 fully saturated rings. The van der Waals surface area contributed by atoms with E-state index in [1.807, 2.05) is 19.2 Å². The molecule has 2 aliphatic rings. The van der Waals surface area contributed by atoms with Gasteiger partial charge >= 0.3 is 0 Å². The molecule has 0 aromatic rings. The molecule has 0 amide bonds. The summed E-state index contributed by atoms with van der Waals surface area (Å²) in [4.78, 5) is 21.7. The maximum absolute atomic E-state index is 11.8. The summed E-state index contributed by atoms with van der Waals surface area (Å²) in [7, 11) is -2.13. The van der Waals surface area contributed by atoms with Crippen molar-refractivity contribution in [1.29, 1.82) is 0 Å². The standard InChI is InChI=1S/C11H18O3Si/c1-15(2,14)6-8-5-7-3-4-9(12)10(8)11(7)13/h3-4,7-10,12,14H,5-6H2,1-2H3/t7-,8+,9+,10-/m1/s1. The molecule has 0 radical (unpaired) electrons. The maximum atomic E-state index is 11.8. The summed E-state index contributed by atoms with van der Waals surface area (Å²) in [5.74, 6) is 0.103. The minimum atomic E-state index is -2.13. The van der Waals surface area contributed by atoms with Crippen molar-refractivity contribution < 1.29 is 14.7 Å². The van der Waals surface area contributed by atoms with Gasteiger partial charge in [0, 0.05) is 5.92 Å². The molecule has 0 heterocycles. The lowest BCUT2D eigenvalue weighted by Crippen LogP contribution is -2.35. The first-order valence-electron chi connectivity index (χ1n) is 5.51. The van der Waals surface area contributed by atoms with Gasteiger partial charge in [-0.3, -0.25) is 4.79 Å². The second kappa shape index (κ2) is 3.54. The molecular formula is C11H18O3Si. The second-order valence-electron chi connectivity index (χ2n) is 5.42. The Morgan fingerprint density at radius 2 is 2.13 bits per heavy atom. The van der Waals surface area contributed by atoms with E-state index >= 15 is 0 Å².